The molecule has 144 valence electrons. The zero-order chi connectivity index (χ0) is 20.2. The lowest BCUT2D eigenvalue weighted by atomic mass is 9.91. The van der Waals surface area contributed by atoms with E-state index in [1.54, 1.807) is 6.08 Å². The number of fused-ring (bicyclic) bond motifs is 1. The minimum atomic E-state index is -0.455. The van der Waals surface area contributed by atoms with Crippen LogP contribution in [0.5, 0.6) is 0 Å². The highest BCUT2D eigenvalue weighted by molar-refractivity contribution is 7.16. The van der Waals surface area contributed by atoms with Gasteiger partial charge in [-0.1, -0.05) is 89.7 Å². The average molecular weight is 419 g/mol. The molecular weight excluding hydrogens is 400 g/mol. The number of benzene rings is 3. The fraction of sp³-hybridized carbons (Fsp3) is 0.0833. The summed E-state index contributed by atoms with van der Waals surface area (Å²) in [6, 6.07) is 25.2. The molecule has 0 atom stereocenters. The molecule has 5 heteroatoms. The molecule has 1 heterocycles. The second-order valence-corrected chi connectivity index (χ2v) is 8.05. The fourth-order valence-electron chi connectivity index (χ4n) is 3.37. The Morgan fingerprint density at radius 3 is 2.24 bits per heavy atom. The maximum absolute atomic E-state index is 13.4. The first kappa shape index (κ1) is 19.4. The zero-order valence-electron chi connectivity index (χ0n) is 15.7. The lowest BCUT2D eigenvalue weighted by molar-refractivity contribution is -0.118. The second-order valence-electron chi connectivity index (χ2n) is 6.60. The molecule has 29 heavy (non-hydrogen) atoms. The summed E-state index contributed by atoms with van der Waals surface area (Å²) in [4.78, 5) is 18.6. The molecule has 0 saturated heterocycles. The van der Waals surface area contributed by atoms with Gasteiger partial charge in [0.05, 0.1) is 16.1 Å². The van der Waals surface area contributed by atoms with Gasteiger partial charge in [0.1, 0.15) is 0 Å². The van der Waals surface area contributed by atoms with Crippen molar-refractivity contribution < 1.29 is 4.79 Å². The molecule has 0 aliphatic heterocycles. The minimum absolute atomic E-state index is 0.196. The van der Waals surface area contributed by atoms with Crippen LogP contribution in [0.25, 0.3) is 10.2 Å². The smallest absolute Gasteiger partial charge is 0.260 e. The van der Waals surface area contributed by atoms with Crippen LogP contribution in [-0.4, -0.2) is 10.5 Å². The van der Waals surface area contributed by atoms with Gasteiger partial charge in [0.15, 0.2) is 4.80 Å². The highest BCUT2D eigenvalue weighted by atomic mass is 35.5. The Balaban J connectivity index is 1.86. The molecule has 3 nitrogen and oxygen atoms in total. The van der Waals surface area contributed by atoms with Gasteiger partial charge in [0.2, 0.25) is 0 Å². The van der Waals surface area contributed by atoms with E-state index in [1.807, 2.05) is 83.4 Å². The minimum Gasteiger partial charge on any atom is -0.313 e. The van der Waals surface area contributed by atoms with Gasteiger partial charge in [-0.3, -0.25) is 4.79 Å². The molecule has 1 aromatic heterocycles. The summed E-state index contributed by atoms with van der Waals surface area (Å²) >= 11 is 7.61. The van der Waals surface area contributed by atoms with Crippen molar-refractivity contribution in [3.8, 4) is 0 Å². The highest BCUT2D eigenvalue weighted by Crippen LogP contribution is 2.26. The number of nitrogens with zero attached hydrogens (tertiary/aromatic N) is 2. The van der Waals surface area contributed by atoms with Crippen molar-refractivity contribution >= 4 is 39.1 Å². The molecular formula is C24H19ClN2OS. The molecule has 0 fully saturated rings. The van der Waals surface area contributed by atoms with Crippen molar-refractivity contribution in [3.05, 3.63) is 112 Å². The van der Waals surface area contributed by atoms with Crippen molar-refractivity contribution in [2.45, 2.75) is 12.5 Å². The summed E-state index contributed by atoms with van der Waals surface area (Å²) in [5.74, 6) is -0.652. The first-order valence-corrected chi connectivity index (χ1v) is 10.4. The summed E-state index contributed by atoms with van der Waals surface area (Å²) in [5.41, 5.74) is 2.83. The molecule has 0 N–H and O–H groups in total. The molecule has 0 aliphatic carbocycles. The van der Waals surface area contributed by atoms with Crippen LogP contribution in [0.1, 0.15) is 17.0 Å². The van der Waals surface area contributed by atoms with Crippen LogP contribution in [0.3, 0.4) is 0 Å². The number of hydrogen-bond acceptors (Lipinski definition) is 2. The van der Waals surface area contributed by atoms with E-state index in [0.717, 1.165) is 21.3 Å². The zero-order valence-corrected chi connectivity index (χ0v) is 17.2. The highest BCUT2D eigenvalue weighted by Gasteiger charge is 2.22. The van der Waals surface area contributed by atoms with E-state index >= 15 is 0 Å². The van der Waals surface area contributed by atoms with Gasteiger partial charge in [0.25, 0.3) is 5.91 Å². The number of carbonyl (C=O) groups excluding carboxylic acids is 1. The summed E-state index contributed by atoms with van der Waals surface area (Å²) in [5, 5.41) is 0.661. The molecule has 0 saturated carbocycles. The third-order valence-electron chi connectivity index (χ3n) is 4.68. The number of rotatable bonds is 5. The molecule has 0 radical (unpaired) electrons. The molecule has 4 aromatic rings. The lowest BCUT2D eigenvalue weighted by Gasteiger charge is -2.14. The van der Waals surface area contributed by atoms with Gasteiger partial charge in [-0.15, -0.1) is 6.58 Å². The van der Waals surface area contributed by atoms with Crippen LogP contribution < -0.4 is 4.80 Å². The molecule has 4 rings (SSSR count). The Kier molecular flexibility index (Phi) is 5.74. The van der Waals surface area contributed by atoms with E-state index < -0.39 is 5.92 Å². The first-order chi connectivity index (χ1) is 14.2. The van der Waals surface area contributed by atoms with Crippen LogP contribution in [0, 0.1) is 0 Å². The lowest BCUT2D eigenvalue weighted by Crippen LogP contribution is -2.20. The summed E-state index contributed by atoms with van der Waals surface area (Å²) < 4.78 is 2.98. The summed E-state index contributed by atoms with van der Waals surface area (Å²) in [7, 11) is 0. The van der Waals surface area contributed by atoms with Crippen LogP contribution in [0.2, 0.25) is 5.02 Å². The van der Waals surface area contributed by atoms with E-state index in [-0.39, 0.29) is 5.91 Å². The largest absolute Gasteiger partial charge is 0.313 e. The van der Waals surface area contributed by atoms with E-state index in [9.17, 15) is 4.79 Å². The first-order valence-electron chi connectivity index (χ1n) is 9.25. The Morgan fingerprint density at radius 2 is 1.66 bits per heavy atom. The molecule has 0 unspecified atom stereocenters. The Morgan fingerprint density at radius 1 is 1.03 bits per heavy atom. The molecule has 1 amide bonds. The van der Waals surface area contributed by atoms with Crippen LogP contribution in [-0.2, 0) is 11.3 Å². The number of allylic oxidation sites excluding steroid dienone is 1. The van der Waals surface area contributed by atoms with Crippen molar-refractivity contribution in [1.82, 2.24) is 4.57 Å². The van der Waals surface area contributed by atoms with Crippen LogP contribution in [0.15, 0.2) is 96.5 Å². The Hall–Kier alpha value is -2.95. The topological polar surface area (TPSA) is 34.4 Å². The number of halogens is 1. The standard InChI is InChI=1S/C24H19ClN2OS/c1-2-15-27-20-14-13-19(25)16-21(20)29-24(27)26-23(28)22(17-9-5-3-6-10-17)18-11-7-4-8-12-18/h2-14,16,22H,1,15H2. The second kappa shape index (κ2) is 8.60. The van der Waals surface area contributed by atoms with Gasteiger partial charge < -0.3 is 4.57 Å². The monoisotopic (exact) mass is 418 g/mol. The summed E-state index contributed by atoms with van der Waals surface area (Å²) in [6.07, 6.45) is 1.80. The predicted molar refractivity (Wildman–Crippen MR) is 120 cm³/mol. The third-order valence-corrected chi connectivity index (χ3v) is 5.95. The number of amides is 1. The summed E-state index contributed by atoms with van der Waals surface area (Å²) in [6.45, 7) is 4.41. The molecule has 0 aliphatic rings. The van der Waals surface area contributed by atoms with Crippen molar-refractivity contribution in [2.24, 2.45) is 4.99 Å². The molecule has 0 spiro atoms. The number of hydrogen-bond donors (Lipinski definition) is 0. The van der Waals surface area contributed by atoms with Crippen molar-refractivity contribution in [2.75, 3.05) is 0 Å². The van der Waals surface area contributed by atoms with Crippen molar-refractivity contribution in [1.29, 1.82) is 0 Å². The van der Waals surface area contributed by atoms with Gasteiger partial charge in [-0.05, 0) is 29.3 Å². The maximum atomic E-state index is 13.4. The number of aromatic nitrogens is 1. The number of carbonyl (C=O) groups is 1. The molecule has 3 aromatic carbocycles. The molecule has 0 bridgehead atoms. The third kappa shape index (κ3) is 4.09. The van der Waals surface area contributed by atoms with Gasteiger partial charge in [0, 0.05) is 11.6 Å². The van der Waals surface area contributed by atoms with E-state index in [0.29, 0.717) is 16.4 Å². The Bertz CT molecular complexity index is 1190. The Labute approximate surface area is 178 Å². The van der Waals surface area contributed by atoms with E-state index in [4.69, 9.17) is 11.6 Å². The van der Waals surface area contributed by atoms with Crippen molar-refractivity contribution in [3.63, 3.8) is 0 Å². The van der Waals surface area contributed by atoms with Crippen LogP contribution in [0.4, 0.5) is 0 Å². The van der Waals surface area contributed by atoms with Gasteiger partial charge in [-0.2, -0.15) is 4.99 Å². The van der Waals surface area contributed by atoms with Gasteiger partial charge >= 0.3 is 0 Å². The number of thiazole rings is 1. The average Bonchev–Trinajstić information content (AvgIpc) is 3.06. The SMILES string of the molecule is C=CCn1c(=NC(=O)C(c2ccccc2)c2ccccc2)sc2cc(Cl)ccc21. The van der Waals surface area contributed by atoms with Gasteiger partial charge in [-0.25, -0.2) is 0 Å². The van der Waals surface area contributed by atoms with E-state index in [2.05, 4.69) is 11.6 Å². The van der Waals surface area contributed by atoms with Crippen LogP contribution >= 0.6 is 22.9 Å². The fourth-order valence-corrected chi connectivity index (χ4v) is 4.69. The quantitative estimate of drug-likeness (QED) is 0.377. The van der Waals surface area contributed by atoms with E-state index in [1.165, 1.54) is 11.3 Å². The maximum Gasteiger partial charge on any atom is 0.260 e. The predicted octanol–water partition coefficient (Wildman–Crippen LogP) is 5.80. The normalized spacial score (nSPS) is 11.9.